The summed E-state index contributed by atoms with van der Waals surface area (Å²) in [5.74, 6) is 1.39. The third-order valence-corrected chi connectivity index (χ3v) is 1.67. The molecule has 0 unspecified atom stereocenters. The first-order valence-electron chi connectivity index (χ1n) is 3.70. The summed E-state index contributed by atoms with van der Waals surface area (Å²) in [7, 11) is 0. The molecule has 0 saturated carbocycles. The fraction of sp³-hybridized carbons (Fsp3) is 0.222. The van der Waals surface area contributed by atoms with Crippen LogP contribution in [0.5, 0.6) is 11.5 Å². The summed E-state index contributed by atoms with van der Waals surface area (Å²) in [6.45, 7) is 1.14. The van der Waals surface area contributed by atoms with E-state index in [0.29, 0.717) is 24.5 Å². The molecule has 60 valence electrons. The first kappa shape index (κ1) is 6.99. The number of nitrogens with zero attached hydrogens (tertiary/aromatic N) is 1. The molecule has 1 aromatic rings. The third-order valence-electron chi connectivity index (χ3n) is 1.67. The summed E-state index contributed by atoms with van der Waals surface area (Å²) in [4.78, 5) is 0. The molecule has 2 rings (SSSR count). The van der Waals surface area contributed by atoms with Crippen molar-refractivity contribution in [3.63, 3.8) is 0 Å². The van der Waals surface area contributed by atoms with Crippen molar-refractivity contribution in [3.05, 3.63) is 23.8 Å². The van der Waals surface area contributed by atoms with Gasteiger partial charge in [0, 0.05) is 6.07 Å². The second-order valence-electron chi connectivity index (χ2n) is 2.47. The van der Waals surface area contributed by atoms with Gasteiger partial charge < -0.3 is 9.47 Å². The van der Waals surface area contributed by atoms with Crippen LogP contribution in [-0.2, 0) is 0 Å². The first-order chi connectivity index (χ1) is 5.90. The number of hydrogen-bond donors (Lipinski definition) is 0. The smallest absolute Gasteiger partial charge is 0.162 e. The van der Waals surface area contributed by atoms with Gasteiger partial charge in [-0.05, 0) is 12.1 Å². The summed E-state index contributed by atoms with van der Waals surface area (Å²) in [5.41, 5.74) is 0.597. The lowest BCUT2D eigenvalue weighted by atomic mass is 10.2. The molecule has 0 amide bonds. The number of ether oxygens (including phenoxy) is 2. The average Bonchev–Trinajstić information content (AvgIpc) is 2.17. The third kappa shape index (κ3) is 1.08. The second-order valence-corrected chi connectivity index (χ2v) is 2.47. The Labute approximate surface area is 70.1 Å². The van der Waals surface area contributed by atoms with Crippen LogP contribution in [0.25, 0.3) is 0 Å². The van der Waals surface area contributed by atoms with Crippen molar-refractivity contribution in [2.45, 2.75) is 0 Å². The minimum Gasteiger partial charge on any atom is -0.486 e. The molecule has 0 atom stereocenters. The van der Waals surface area contributed by atoms with Gasteiger partial charge in [-0.25, -0.2) is 0 Å². The Hall–Kier alpha value is -1.69. The largest absolute Gasteiger partial charge is 0.486 e. The first-order valence-corrected chi connectivity index (χ1v) is 3.70. The van der Waals surface area contributed by atoms with E-state index in [9.17, 15) is 0 Å². The molecular formula is C9H7NO2. The molecular weight excluding hydrogens is 154 g/mol. The summed E-state index contributed by atoms with van der Waals surface area (Å²) in [6.07, 6.45) is 0. The van der Waals surface area contributed by atoms with E-state index < -0.39 is 0 Å². The molecule has 3 nitrogen and oxygen atoms in total. The Morgan fingerprint density at radius 2 is 1.92 bits per heavy atom. The number of nitriles is 1. The topological polar surface area (TPSA) is 42.2 Å². The minimum absolute atomic E-state index is 0.557. The van der Waals surface area contributed by atoms with Crippen molar-refractivity contribution in [1.82, 2.24) is 0 Å². The van der Waals surface area contributed by atoms with Crippen LogP contribution in [0.2, 0.25) is 0 Å². The van der Waals surface area contributed by atoms with E-state index in [1.807, 2.05) is 6.07 Å². The highest BCUT2D eigenvalue weighted by Crippen LogP contribution is 2.30. The Morgan fingerprint density at radius 1 is 1.17 bits per heavy atom. The van der Waals surface area contributed by atoms with Crippen LogP contribution in [-0.4, -0.2) is 13.2 Å². The van der Waals surface area contributed by atoms with Gasteiger partial charge in [-0.1, -0.05) is 0 Å². The van der Waals surface area contributed by atoms with E-state index in [0.717, 1.165) is 5.75 Å². The number of fused-ring (bicyclic) bond motifs is 1. The van der Waals surface area contributed by atoms with E-state index in [1.165, 1.54) is 0 Å². The van der Waals surface area contributed by atoms with Gasteiger partial charge in [0.1, 0.15) is 13.2 Å². The Bertz CT molecular complexity index is 341. The predicted molar refractivity (Wildman–Crippen MR) is 42.1 cm³/mol. The van der Waals surface area contributed by atoms with Crippen LogP contribution < -0.4 is 9.47 Å². The van der Waals surface area contributed by atoms with Gasteiger partial charge in [-0.15, -0.1) is 0 Å². The number of rotatable bonds is 0. The Morgan fingerprint density at radius 3 is 2.67 bits per heavy atom. The predicted octanol–water partition coefficient (Wildman–Crippen LogP) is 1.33. The molecule has 0 spiro atoms. The van der Waals surface area contributed by atoms with Gasteiger partial charge in [-0.3, -0.25) is 0 Å². The van der Waals surface area contributed by atoms with Crippen LogP contribution in [0.15, 0.2) is 18.2 Å². The lowest BCUT2D eigenvalue weighted by Gasteiger charge is -2.17. The van der Waals surface area contributed by atoms with Crippen LogP contribution in [0, 0.1) is 11.3 Å². The van der Waals surface area contributed by atoms with Crippen LogP contribution in [0.4, 0.5) is 0 Å². The van der Waals surface area contributed by atoms with Crippen molar-refractivity contribution in [1.29, 1.82) is 5.26 Å². The van der Waals surface area contributed by atoms with E-state index in [4.69, 9.17) is 14.7 Å². The SMILES string of the molecule is N#Cc1ccc2c(c1)OCCO2. The summed E-state index contributed by atoms with van der Waals surface area (Å²) in [6, 6.07) is 7.20. The molecule has 1 aliphatic rings. The van der Waals surface area contributed by atoms with Crippen LogP contribution in [0.3, 0.4) is 0 Å². The van der Waals surface area contributed by atoms with E-state index in [1.54, 1.807) is 18.2 Å². The number of benzene rings is 1. The molecule has 0 radical (unpaired) electrons. The zero-order chi connectivity index (χ0) is 8.39. The standard InChI is InChI=1S/C9H7NO2/c10-6-7-1-2-8-9(5-7)12-4-3-11-8/h1-2,5H,3-4H2. The van der Waals surface area contributed by atoms with E-state index in [-0.39, 0.29) is 0 Å². The minimum atomic E-state index is 0.557. The van der Waals surface area contributed by atoms with Crippen LogP contribution >= 0.6 is 0 Å². The fourth-order valence-corrected chi connectivity index (χ4v) is 1.11. The van der Waals surface area contributed by atoms with E-state index >= 15 is 0 Å². The Kier molecular flexibility index (Phi) is 1.60. The van der Waals surface area contributed by atoms with Crippen molar-refractivity contribution >= 4 is 0 Å². The molecule has 0 aliphatic carbocycles. The maximum Gasteiger partial charge on any atom is 0.162 e. The summed E-state index contributed by atoms with van der Waals surface area (Å²) < 4.78 is 10.6. The van der Waals surface area contributed by atoms with Crippen molar-refractivity contribution in [2.75, 3.05) is 13.2 Å². The van der Waals surface area contributed by atoms with Gasteiger partial charge in [0.25, 0.3) is 0 Å². The summed E-state index contributed by atoms with van der Waals surface area (Å²) >= 11 is 0. The highest BCUT2D eigenvalue weighted by Gasteiger charge is 2.10. The highest BCUT2D eigenvalue weighted by atomic mass is 16.6. The Balaban J connectivity index is 2.44. The molecule has 0 N–H and O–H groups in total. The lowest BCUT2D eigenvalue weighted by Crippen LogP contribution is -2.15. The molecule has 1 aliphatic heterocycles. The zero-order valence-corrected chi connectivity index (χ0v) is 6.41. The highest BCUT2D eigenvalue weighted by molar-refractivity contribution is 5.47. The van der Waals surface area contributed by atoms with Gasteiger partial charge in [0.15, 0.2) is 11.5 Å². The van der Waals surface area contributed by atoms with Crippen molar-refractivity contribution in [2.24, 2.45) is 0 Å². The average molecular weight is 161 g/mol. The molecule has 1 heterocycles. The van der Waals surface area contributed by atoms with Crippen molar-refractivity contribution in [3.8, 4) is 17.6 Å². The van der Waals surface area contributed by atoms with Gasteiger partial charge in [0.2, 0.25) is 0 Å². The molecule has 0 fully saturated rings. The number of hydrogen-bond acceptors (Lipinski definition) is 3. The fourth-order valence-electron chi connectivity index (χ4n) is 1.11. The lowest BCUT2D eigenvalue weighted by molar-refractivity contribution is 0.171. The van der Waals surface area contributed by atoms with Gasteiger partial charge in [0.05, 0.1) is 11.6 Å². The summed E-state index contributed by atoms with van der Waals surface area (Å²) in [5, 5.41) is 8.59. The molecule has 1 aromatic carbocycles. The second kappa shape index (κ2) is 2.74. The van der Waals surface area contributed by atoms with Gasteiger partial charge in [-0.2, -0.15) is 5.26 Å². The zero-order valence-electron chi connectivity index (χ0n) is 6.41. The monoisotopic (exact) mass is 161 g/mol. The molecule has 0 bridgehead atoms. The molecule has 12 heavy (non-hydrogen) atoms. The maximum absolute atomic E-state index is 8.59. The van der Waals surface area contributed by atoms with E-state index in [2.05, 4.69) is 0 Å². The maximum atomic E-state index is 8.59. The van der Waals surface area contributed by atoms with Crippen molar-refractivity contribution < 1.29 is 9.47 Å². The van der Waals surface area contributed by atoms with Crippen LogP contribution in [0.1, 0.15) is 5.56 Å². The normalized spacial score (nSPS) is 13.6. The molecule has 3 heteroatoms. The van der Waals surface area contributed by atoms with Gasteiger partial charge >= 0.3 is 0 Å². The quantitative estimate of drug-likeness (QED) is 0.576. The molecule has 0 saturated heterocycles. The molecule has 0 aromatic heterocycles.